The van der Waals surface area contributed by atoms with Crippen molar-refractivity contribution < 1.29 is 8.91 Å². The number of nitrogens with two attached hydrogens (primary N) is 1. The topological polar surface area (TPSA) is 64.9 Å². The molecule has 1 aromatic heterocycles. The van der Waals surface area contributed by atoms with Gasteiger partial charge in [0.25, 0.3) is 0 Å². The van der Waals surface area contributed by atoms with Gasteiger partial charge in [0.2, 0.25) is 5.89 Å². The van der Waals surface area contributed by atoms with Crippen molar-refractivity contribution in [2.24, 2.45) is 5.73 Å². The highest BCUT2D eigenvalue weighted by Crippen LogP contribution is 2.29. The SMILES string of the molecule is Cc1noc(C(N)Cc2cc(F)ccc2-c2cccc(Cl)c2)n1.Cl. The lowest BCUT2D eigenvalue weighted by Crippen LogP contribution is -2.14. The second-order valence-electron chi connectivity index (χ2n) is 5.30. The predicted molar refractivity (Wildman–Crippen MR) is 93.8 cm³/mol. The Balaban J connectivity index is 0.00000208. The number of halogens is 3. The van der Waals surface area contributed by atoms with Crippen molar-refractivity contribution in [3.05, 3.63) is 70.6 Å². The molecule has 2 N–H and O–H groups in total. The number of benzene rings is 2. The molecule has 0 saturated heterocycles. The highest BCUT2D eigenvalue weighted by molar-refractivity contribution is 6.30. The predicted octanol–water partition coefficient (Wildman–Crippen LogP) is 4.50. The first kappa shape index (κ1) is 18.4. The van der Waals surface area contributed by atoms with Gasteiger partial charge < -0.3 is 10.3 Å². The van der Waals surface area contributed by atoms with Crippen molar-refractivity contribution in [2.75, 3.05) is 0 Å². The summed E-state index contributed by atoms with van der Waals surface area (Å²) in [5.74, 6) is 0.535. The van der Waals surface area contributed by atoms with Gasteiger partial charge in [-0.3, -0.25) is 0 Å². The van der Waals surface area contributed by atoms with E-state index in [-0.39, 0.29) is 18.2 Å². The van der Waals surface area contributed by atoms with Gasteiger partial charge in [-0.05, 0) is 54.3 Å². The van der Waals surface area contributed by atoms with Crippen LogP contribution in [0.15, 0.2) is 47.0 Å². The number of aromatic nitrogens is 2. The van der Waals surface area contributed by atoms with Crippen LogP contribution < -0.4 is 5.73 Å². The maximum Gasteiger partial charge on any atom is 0.243 e. The van der Waals surface area contributed by atoms with E-state index in [0.29, 0.717) is 23.2 Å². The molecule has 1 unspecified atom stereocenters. The van der Waals surface area contributed by atoms with E-state index in [1.165, 1.54) is 12.1 Å². The van der Waals surface area contributed by atoms with Crippen molar-refractivity contribution >= 4 is 24.0 Å². The van der Waals surface area contributed by atoms with Crippen LogP contribution in [0.3, 0.4) is 0 Å². The summed E-state index contributed by atoms with van der Waals surface area (Å²) in [6.45, 7) is 1.72. The van der Waals surface area contributed by atoms with Crippen LogP contribution in [0.25, 0.3) is 11.1 Å². The molecule has 0 saturated carbocycles. The quantitative estimate of drug-likeness (QED) is 0.736. The summed E-state index contributed by atoms with van der Waals surface area (Å²) >= 11 is 6.05. The third-order valence-corrected chi connectivity index (χ3v) is 3.74. The molecule has 0 amide bonds. The molecule has 0 spiro atoms. The maximum absolute atomic E-state index is 13.7. The minimum atomic E-state index is -0.504. The van der Waals surface area contributed by atoms with Crippen molar-refractivity contribution in [2.45, 2.75) is 19.4 Å². The zero-order chi connectivity index (χ0) is 16.4. The first-order chi connectivity index (χ1) is 11.0. The summed E-state index contributed by atoms with van der Waals surface area (Å²) in [4.78, 5) is 4.13. The number of rotatable bonds is 4. The molecule has 24 heavy (non-hydrogen) atoms. The molecule has 126 valence electrons. The highest BCUT2D eigenvalue weighted by Gasteiger charge is 2.17. The Bertz CT molecular complexity index is 838. The average molecular weight is 368 g/mol. The smallest absolute Gasteiger partial charge is 0.243 e. The van der Waals surface area contributed by atoms with E-state index in [1.807, 2.05) is 18.2 Å². The molecular weight excluding hydrogens is 352 g/mol. The largest absolute Gasteiger partial charge is 0.338 e. The molecule has 1 heterocycles. The molecule has 0 fully saturated rings. The molecule has 7 heteroatoms. The molecule has 1 atom stereocenters. The van der Waals surface area contributed by atoms with Crippen LogP contribution in [0.2, 0.25) is 5.02 Å². The van der Waals surface area contributed by atoms with E-state index in [0.717, 1.165) is 16.7 Å². The molecule has 3 aromatic rings. The average Bonchev–Trinajstić information content (AvgIpc) is 2.94. The number of aryl methyl sites for hydroxylation is 1. The van der Waals surface area contributed by atoms with Gasteiger partial charge in [0, 0.05) is 5.02 Å². The molecular formula is C17H16Cl2FN3O. The summed E-state index contributed by atoms with van der Waals surface area (Å²) in [7, 11) is 0. The summed E-state index contributed by atoms with van der Waals surface area (Å²) in [6.07, 6.45) is 0.376. The molecule has 4 nitrogen and oxygen atoms in total. The van der Waals surface area contributed by atoms with Crippen LogP contribution in [0.5, 0.6) is 0 Å². The van der Waals surface area contributed by atoms with E-state index < -0.39 is 6.04 Å². The van der Waals surface area contributed by atoms with Crippen LogP contribution in [-0.4, -0.2) is 10.1 Å². The van der Waals surface area contributed by atoms with Gasteiger partial charge in [0.1, 0.15) is 5.82 Å². The van der Waals surface area contributed by atoms with Crippen LogP contribution in [0.1, 0.15) is 23.3 Å². The minimum Gasteiger partial charge on any atom is -0.338 e. The van der Waals surface area contributed by atoms with Crippen LogP contribution in [0.4, 0.5) is 4.39 Å². The molecule has 3 rings (SSSR count). The van der Waals surface area contributed by atoms with Crippen molar-refractivity contribution in [1.29, 1.82) is 0 Å². The van der Waals surface area contributed by atoms with Gasteiger partial charge in [-0.15, -0.1) is 12.4 Å². The fourth-order valence-electron chi connectivity index (χ4n) is 2.46. The first-order valence-electron chi connectivity index (χ1n) is 7.13. The maximum atomic E-state index is 13.7. The Labute approximate surface area is 150 Å². The monoisotopic (exact) mass is 367 g/mol. The van der Waals surface area contributed by atoms with Crippen LogP contribution >= 0.6 is 24.0 Å². The fraction of sp³-hybridized carbons (Fsp3) is 0.176. The zero-order valence-corrected chi connectivity index (χ0v) is 14.4. The second kappa shape index (κ2) is 7.75. The van der Waals surface area contributed by atoms with Gasteiger partial charge in [-0.2, -0.15) is 4.98 Å². The first-order valence-corrected chi connectivity index (χ1v) is 7.51. The van der Waals surface area contributed by atoms with Crippen molar-refractivity contribution in [3.8, 4) is 11.1 Å². The molecule has 0 aliphatic carbocycles. The normalized spacial score (nSPS) is 11.8. The zero-order valence-electron chi connectivity index (χ0n) is 12.9. The van der Waals surface area contributed by atoms with Gasteiger partial charge >= 0.3 is 0 Å². The fourth-order valence-corrected chi connectivity index (χ4v) is 2.65. The molecule has 0 aliphatic rings. The Morgan fingerprint density at radius 1 is 1.25 bits per heavy atom. The molecule has 0 bridgehead atoms. The standard InChI is InChI=1S/C17H15ClFN3O.ClH/c1-10-21-17(23-22-10)16(20)9-12-8-14(19)5-6-15(12)11-3-2-4-13(18)7-11;/h2-8,16H,9,20H2,1H3;1H. The van der Waals surface area contributed by atoms with Crippen LogP contribution in [-0.2, 0) is 6.42 Å². The number of nitrogens with zero attached hydrogens (tertiary/aromatic N) is 2. The van der Waals surface area contributed by atoms with Gasteiger partial charge in [0.05, 0.1) is 6.04 Å². The lowest BCUT2D eigenvalue weighted by molar-refractivity contribution is 0.351. The lowest BCUT2D eigenvalue weighted by Gasteiger charge is -2.13. The summed E-state index contributed by atoms with van der Waals surface area (Å²) in [5, 5.41) is 4.35. The Morgan fingerprint density at radius 3 is 2.71 bits per heavy atom. The van der Waals surface area contributed by atoms with Gasteiger partial charge in [0.15, 0.2) is 5.82 Å². The number of hydrogen-bond acceptors (Lipinski definition) is 4. The Kier molecular flexibility index (Phi) is 5.94. The second-order valence-corrected chi connectivity index (χ2v) is 5.74. The molecule has 0 radical (unpaired) electrons. The van der Waals surface area contributed by atoms with E-state index in [2.05, 4.69) is 10.1 Å². The van der Waals surface area contributed by atoms with Crippen molar-refractivity contribution in [3.63, 3.8) is 0 Å². The molecule has 0 aliphatic heterocycles. The summed E-state index contributed by atoms with van der Waals surface area (Å²) in [6, 6.07) is 11.5. The van der Waals surface area contributed by atoms with E-state index in [1.54, 1.807) is 19.1 Å². The summed E-state index contributed by atoms with van der Waals surface area (Å²) < 4.78 is 18.8. The third kappa shape index (κ3) is 4.12. The third-order valence-electron chi connectivity index (χ3n) is 3.50. The highest BCUT2D eigenvalue weighted by atomic mass is 35.5. The van der Waals surface area contributed by atoms with E-state index in [4.69, 9.17) is 21.9 Å². The van der Waals surface area contributed by atoms with Crippen LogP contribution in [0, 0.1) is 12.7 Å². The molecule has 2 aromatic carbocycles. The van der Waals surface area contributed by atoms with E-state index in [9.17, 15) is 4.39 Å². The van der Waals surface area contributed by atoms with Gasteiger partial charge in [-0.25, -0.2) is 4.39 Å². The Hall–Kier alpha value is -1.95. The van der Waals surface area contributed by atoms with Crippen molar-refractivity contribution in [1.82, 2.24) is 10.1 Å². The van der Waals surface area contributed by atoms with Gasteiger partial charge in [-0.1, -0.05) is 35.0 Å². The summed E-state index contributed by atoms with van der Waals surface area (Å²) in [5.41, 5.74) is 8.66. The minimum absolute atomic E-state index is 0. The lowest BCUT2D eigenvalue weighted by atomic mass is 9.95. The Morgan fingerprint density at radius 2 is 2.04 bits per heavy atom. The van der Waals surface area contributed by atoms with E-state index >= 15 is 0 Å². The number of hydrogen-bond donors (Lipinski definition) is 1.